The number of primary amides is 1. The van der Waals surface area contributed by atoms with Crippen molar-refractivity contribution in [3.8, 4) is 0 Å². The van der Waals surface area contributed by atoms with Gasteiger partial charge in [0.25, 0.3) is 0 Å². The maximum atomic E-state index is 11.3. The second-order valence-electron chi connectivity index (χ2n) is 6.86. The predicted molar refractivity (Wildman–Crippen MR) is 102 cm³/mol. The number of aliphatic hydroxyl groups is 1. The van der Waals surface area contributed by atoms with Crippen LogP contribution >= 0.6 is 0 Å². The van der Waals surface area contributed by atoms with Gasteiger partial charge in [-0.2, -0.15) is 0 Å². The summed E-state index contributed by atoms with van der Waals surface area (Å²) < 4.78 is 5.83. The van der Waals surface area contributed by atoms with Crippen LogP contribution in [0, 0.1) is 0 Å². The van der Waals surface area contributed by atoms with Gasteiger partial charge >= 0.3 is 0 Å². The molecular formula is C21H26N2O3. The molecule has 1 aliphatic carbocycles. The summed E-state index contributed by atoms with van der Waals surface area (Å²) in [5.74, 6) is 0.270. The fraction of sp³-hybridized carbons (Fsp3) is 0.381. The fourth-order valence-electron chi connectivity index (χ4n) is 3.21. The largest absolute Gasteiger partial charge is 0.493 e. The Labute approximate surface area is 154 Å². The Bertz CT molecular complexity index is 714. The first kappa shape index (κ1) is 18.4. The maximum Gasteiger partial charge on any atom is 0.249 e. The monoisotopic (exact) mass is 354 g/mol. The third kappa shape index (κ3) is 4.84. The number of rotatable bonds is 6. The Morgan fingerprint density at radius 1 is 1.23 bits per heavy atom. The molecule has 1 aromatic rings. The molecule has 0 saturated carbocycles. The lowest BCUT2D eigenvalue weighted by molar-refractivity contribution is -0.141. The number of carbonyl (C=O) groups excluding carboxylic acids is 1. The fourth-order valence-corrected chi connectivity index (χ4v) is 3.21. The highest BCUT2D eigenvalue weighted by molar-refractivity contribution is 5.83. The molecule has 1 fully saturated rings. The van der Waals surface area contributed by atoms with E-state index in [9.17, 15) is 9.90 Å². The van der Waals surface area contributed by atoms with Gasteiger partial charge in [-0.1, -0.05) is 42.5 Å². The Balaban J connectivity index is 1.40. The van der Waals surface area contributed by atoms with Crippen LogP contribution in [0.2, 0.25) is 0 Å². The van der Waals surface area contributed by atoms with Crippen LogP contribution in [-0.2, 0) is 9.53 Å². The molecule has 1 saturated heterocycles. The normalized spacial score (nSPS) is 21.4. The molecule has 5 heteroatoms. The second-order valence-corrected chi connectivity index (χ2v) is 6.86. The van der Waals surface area contributed by atoms with E-state index >= 15 is 0 Å². The number of nitrogens with two attached hydrogens (primary N) is 1. The van der Waals surface area contributed by atoms with Gasteiger partial charge in [-0.3, -0.25) is 9.69 Å². The molecule has 0 spiro atoms. The lowest BCUT2D eigenvalue weighted by Gasteiger charge is -2.35. The summed E-state index contributed by atoms with van der Waals surface area (Å²) in [6.45, 7) is 2.67. The van der Waals surface area contributed by atoms with Gasteiger partial charge in [-0.15, -0.1) is 0 Å². The van der Waals surface area contributed by atoms with Crippen molar-refractivity contribution in [2.24, 2.45) is 5.73 Å². The summed E-state index contributed by atoms with van der Waals surface area (Å²) in [6, 6.07) is 10.3. The van der Waals surface area contributed by atoms with E-state index in [0.717, 1.165) is 18.7 Å². The molecule has 3 rings (SSSR count). The Morgan fingerprint density at radius 2 is 1.96 bits per heavy atom. The number of nitrogens with zero attached hydrogens (tertiary/aromatic N) is 1. The Morgan fingerprint density at radius 3 is 2.58 bits per heavy atom. The van der Waals surface area contributed by atoms with Gasteiger partial charge < -0.3 is 15.6 Å². The molecule has 26 heavy (non-hydrogen) atoms. The number of amides is 1. The quantitative estimate of drug-likeness (QED) is 0.821. The minimum absolute atomic E-state index is 0.387. The molecule has 1 aromatic carbocycles. The average molecular weight is 354 g/mol. The first-order valence-corrected chi connectivity index (χ1v) is 9.06. The lowest BCUT2D eigenvalue weighted by atomic mass is 9.91. The van der Waals surface area contributed by atoms with E-state index in [1.54, 1.807) is 0 Å². The van der Waals surface area contributed by atoms with Gasteiger partial charge in [0.2, 0.25) is 5.91 Å². The van der Waals surface area contributed by atoms with E-state index in [0.29, 0.717) is 32.5 Å². The van der Waals surface area contributed by atoms with E-state index in [2.05, 4.69) is 35.3 Å². The minimum atomic E-state index is -1.34. The highest BCUT2D eigenvalue weighted by Crippen LogP contribution is 2.22. The van der Waals surface area contributed by atoms with Crippen LogP contribution in [0.3, 0.4) is 0 Å². The third-order valence-electron chi connectivity index (χ3n) is 4.97. The van der Waals surface area contributed by atoms with Crippen LogP contribution in [0.1, 0.15) is 24.8 Å². The number of likely N-dealkylation sites (tertiary alicyclic amines) is 1. The summed E-state index contributed by atoms with van der Waals surface area (Å²) in [4.78, 5) is 13.4. The van der Waals surface area contributed by atoms with Gasteiger partial charge in [0.15, 0.2) is 0 Å². The molecule has 1 heterocycles. The number of hydrogen-bond donors (Lipinski definition) is 2. The van der Waals surface area contributed by atoms with Crippen LogP contribution in [-0.4, -0.2) is 47.8 Å². The van der Waals surface area contributed by atoms with Crippen LogP contribution in [0.5, 0.6) is 0 Å². The first-order valence-electron chi connectivity index (χ1n) is 9.06. The average Bonchev–Trinajstić information content (AvgIpc) is 2.66. The molecule has 0 bridgehead atoms. The van der Waals surface area contributed by atoms with Crippen LogP contribution in [0.4, 0.5) is 0 Å². The number of allylic oxidation sites excluding steroid dienone is 4. The summed E-state index contributed by atoms with van der Waals surface area (Å²) in [6.07, 6.45) is 10.00. The van der Waals surface area contributed by atoms with Gasteiger partial charge in [-0.25, -0.2) is 0 Å². The number of piperidine rings is 1. The zero-order valence-electron chi connectivity index (χ0n) is 14.9. The Kier molecular flexibility index (Phi) is 5.91. The zero-order valence-corrected chi connectivity index (χ0v) is 14.9. The zero-order chi connectivity index (χ0) is 18.4. The highest BCUT2D eigenvalue weighted by Gasteiger charge is 2.37. The van der Waals surface area contributed by atoms with E-state index in [-0.39, 0.29) is 0 Å². The summed E-state index contributed by atoms with van der Waals surface area (Å²) in [5, 5.41) is 10.1. The van der Waals surface area contributed by atoms with Crippen LogP contribution in [0.25, 0.3) is 6.08 Å². The van der Waals surface area contributed by atoms with Gasteiger partial charge in [-0.05, 0) is 42.6 Å². The molecule has 0 atom stereocenters. The van der Waals surface area contributed by atoms with Crippen molar-refractivity contribution in [1.82, 2.24) is 4.90 Å². The second kappa shape index (κ2) is 8.34. The predicted octanol–water partition coefficient (Wildman–Crippen LogP) is 2.24. The minimum Gasteiger partial charge on any atom is -0.493 e. The van der Waals surface area contributed by atoms with Crippen molar-refractivity contribution in [2.45, 2.75) is 24.9 Å². The first-order chi connectivity index (χ1) is 12.5. The van der Waals surface area contributed by atoms with Gasteiger partial charge in [0.1, 0.15) is 18.0 Å². The molecule has 2 aliphatic rings. The van der Waals surface area contributed by atoms with Crippen LogP contribution in [0.15, 0.2) is 59.9 Å². The maximum absolute atomic E-state index is 11.3. The van der Waals surface area contributed by atoms with Crippen LogP contribution < -0.4 is 5.73 Å². The highest BCUT2D eigenvalue weighted by atomic mass is 16.5. The van der Waals surface area contributed by atoms with E-state index in [4.69, 9.17) is 10.5 Å². The van der Waals surface area contributed by atoms with E-state index < -0.39 is 11.5 Å². The smallest absolute Gasteiger partial charge is 0.249 e. The molecule has 0 aromatic heterocycles. The summed E-state index contributed by atoms with van der Waals surface area (Å²) in [7, 11) is 0. The molecule has 0 radical (unpaired) electrons. The Hall–Kier alpha value is -2.37. The number of carbonyl (C=O) groups is 1. The molecule has 1 amide bonds. The van der Waals surface area contributed by atoms with Crippen molar-refractivity contribution >= 4 is 12.0 Å². The van der Waals surface area contributed by atoms with Gasteiger partial charge in [0, 0.05) is 19.6 Å². The van der Waals surface area contributed by atoms with E-state index in [1.165, 1.54) is 11.1 Å². The molecule has 0 unspecified atom stereocenters. The molecule has 138 valence electrons. The lowest BCUT2D eigenvalue weighted by Crippen LogP contribution is -2.52. The summed E-state index contributed by atoms with van der Waals surface area (Å²) in [5.41, 5.74) is 6.37. The van der Waals surface area contributed by atoms with E-state index in [1.807, 2.05) is 24.3 Å². The molecule has 3 N–H and O–H groups in total. The van der Waals surface area contributed by atoms with Crippen molar-refractivity contribution < 1.29 is 14.6 Å². The van der Waals surface area contributed by atoms with Crippen molar-refractivity contribution in [1.29, 1.82) is 0 Å². The van der Waals surface area contributed by atoms with Crippen molar-refractivity contribution in [2.75, 3.05) is 26.2 Å². The number of benzene rings is 1. The molecule has 5 nitrogen and oxygen atoms in total. The molecular weight excluding hydrogens is 328 g/mol. The van der Waals surface area contributed by atoms with Crippen molar-refractivity contribution in [3.63, 3.8) is 0 Å². The van der Waals surface area contributed by atoms with Gasteiger partial charge in [0.05, 0.1) is 0 Å². The number of ether oxygens (including phenoxy) is 1. The standard InChI is InChI=1S/C21H26N2O3/c22-20(24)21(25)10-12-23(13-11-21)14-15-26-19-8-6-18(7-9-19)16-17-4-2-1-3-5-17/h1-6,8-9,16,25H,7,10-15H2,(H2,22,24)/b18-16-. The topological polar surface area (TPSA) is 75.8 Å². The molecule has 1 aliphatic heterocycles. The third-order valence-corrected chi connectivity index (χ3v) is 4.97. The summed E-state index contributed by atoms with van der Waals surface area (Å²) >= 11 is 0. The SMILES string of the molecule is NC(=O)C1(O)CCN(CCOC2=CC/C(=C\c3ccccc3)C=C2)CC1. The number of hydrogen-bond acceptors (Lipinski definition) is 4. The van der Waals surface area contributed by atoms with Crippen molar-refractivity contribution in [3.05, 3.63) is 65.5 Å².